The van der Waals surface area contributed by atoms with Gasteiger partial charge in [-0.05, 0) is 24.4 Å². The molecule has 0 atom stereocenters. The monoisotopic (exact) mass is 176 g/mol. The summed E-state index contributed by atoms with van der Waals surface area (Å²) in [6.07, 6.45) is 2.96. The highest BCUT2D eigenvalue weighted by molar-refractivity contribution is 6.30. The van der Waals surface area contributed by atoms with Gasteiger partial charge in [-0.2, -0.15) is 0 Å². The van der Waals surface area contributed by atoms with Crippen LogP contribution in [0.25, 0.3) is 0 Å². The Balaban J connectivity index is 0. The van der Waals surface area contributed by atoms with E-state index in [0.717, 1.165) is 25.1 Å². The summed E-state index contributed by atoms with van der Waals surface area (Å²) >= 11 is 10.5. The molecule has 0 unspecified atom stereocenters. The van der Waals surface area contributed by atoms with Gasteiger partial charge in [0, 0.05) is 17.7 Å². The summed E-state index contributed by atoms with van der Waals surface area (Å²) in [6, 6.07) is 0. The summed E-state index contributed by atoms with van der Waals surface area (Å²) in [5.74, 6) is 3.47. The van der Waals surface area contributed by atoms with Gasteiger partial charge in [0.25, 0.3) is 0 Å². The molecule has 0 bridgehead atoms. The highest BCUT2D eigenvalue weighted by Crippen LogP contribution is 1.94. The lowest BCUT2D eigenvalue weighted by atomic mass is 10.3. The van der Waals surface area contributed by atoms with Crippen LogP contribution < -0.4 is 0 Å². The second-order valence-corrected chi connectivity index (χ2v) is 1.98. The zero-order chi connectivity index (χ0) is 6.24. The molecule has 0 saturated carbocycles. The molecule has 0 amide bonds. The van der Waals surface area contributed by atoms with E-state index in [1.807, 2.05) is 0 Å². The van der Waals surface area contributed by atoms with Gasteiger partial charge in [0.05, 0.1) is 0 Å². The number of halogens is 2. The quantitative estimate of drug-likeness (QED) is 0.266. The van der Waals surface area contributed by atoms with Gasteiger partial charge in [0.2, 0.25) is 0 Å². The molecule has 0 nitrogen and oxygen atoms in total. The summed E-state index contributed by atoms with van der Waals surface area (Å²) in [4.78, 5) is 0. The van der Waals surface area contributed by atoms with E-state index < -0.39 is 0 Å². The Morgan fingerprint density at radius 2 is 1.89 bits per heavy atom. The van der Waals surface area contributed by atoms with Crippen LogP contribution in [0.15, 0.2) is 0 Å². The topological polar surface area (TPSA) is 0 Å². The molecule has 9 heavy (non-hydrogen) atoms. The van der Waals surface area contributed by atoms with Crippen LogP contribution in [-0.2, 0) is 0 Å². The van der Waals surface area contributed by atoms with Crippen molar-refractivity contribution < 1.29 is 0 Å². The van der Waals surface area contributed by atoms with Gasteiger partial charge in [-0.25, -0.2) is 0 Å². The van der Waals surface area contributed by atoms with Crippen LogP contribution in [0.3, 0.4) is 0 Å². The lowest BCUT2D eigenvalue weighted by molar-refractivity contribution is 0.834. The normalized spacial score (nSPS) is 6.89. The summed E-state index contributed by atoms with van der Waals surface area (Å²) < 4.78 is 0. The lowest BCUT2D eigenvalue weighted by Crippen LogP contribution is -1.73. The molecule has 50 valence electrons. The Hall–Kier alpha value is 0.906. The van der Waals surface area contributed by atoms with Crippen molar-refractivity contribution in [3.8, 4) is 11.3 Å². The predicted molar refractivity (Wildman–Crippen MR) is 46.7 cm³/mol. The Morgan fingerprint density at radius 3 is 2.33 bits per heavy atom. The Morgan fingerprint density at radius 1 is 1.22 bits per heavy atom. The largest absolute Gasteiger partial charge is 0.316 e. The van der Waals surface area contributed by atoms with Crippen LogP contribution in [0.2, 0.25) is 0 Å². The molecule has 0 aliphatic heterocycles. The number of alkyl halides is 1. The fourth-order valence-electron chi connectivity index (χ4n) is 0.355. The Bertz CT molecular complexity index is 93.0. The van der Waals surface area contributed by atoms with E-state index in [4.69, 9.17) is 23.2 Å². The summed E-state index contributed by atoms with van der Waals surface area (Å²) in [5.41, 5.74) is 0. The maximum absolute atomic E-state index is 5.40. The van der Waals surface area contributed by atoms with E-state index >= 15 is 0 Å². The standard InChI is InChI=1S/C6H8Cl2.Mg.2H/c7-5-3-1-2-4-6-8;;;/h1-3,5H2;;;. The SMILES string of the molecule is ClC#CCCCCCl.[MgH2]. The minimum absolute atomic E-state index is 0. The van der Waals surface area contributed by atoms with Crippen molar-refractivity contribution in [1.29, 1.82) is 0 Å². The van der Waals surface area contributed by atoms with Crippen molar-refractivity contribution in [3.63, 3.8) is 0 Å². The highest BCUT2D eigenvalue weighted by atomic mass is 35.5. The van der Waals surface area contributed by atoms with E-state index in [0.29, 0.717) is 0 Å². The summed E-state index contributed by atoms with van der Waals surface area (Å²) in [5, 5.41) is 2.31. The Kier molecular flexibility index (Phi) is 16.3. The van der Waals surface area contributed by atoms with Gasteiger partial charge in [-0.3, -0.25) is 0 Å². The first kappa shape index (κ1) is 12.6. The molecule has 0 heterocycles. The number of hydrogen-bond donors (Lipinski definition) is 0. The minimum Gasteiger partial charge on any atom is -0.127 e. The van der Waals surface area contributed by atoms with Gasteiger partial charge in [0.15, 0.2) is 0 Å². The molecule has 3 heteroatoms. The van der Waals surface area contributed by atoms with Crippen LogP contribution in [0.4, 0.5) is 0 Å². The zero-order valence-electron chi connectivity index (χ0n) is 4.58. The maximum atomic E-state index is 5.40. The van der Waals surface area contributed by atoms with Crippen LogP contribution in [0.1, 0.15) is 19.3 Å². The van der Waals surface area contributed by atoms with E-state index in [-0.39, 0.29) is 23.1 Å². The third-order valence-electron chi connectivity index (χ3n) is 0.752. The van der Waals surface area contributed by atoms with E-state index in [2.05, 4.69) is 11.3 Å². The average molecular weight is 177 g/mol. The van der Waals surface area contributed by atoms with Crippen molar-refractivity contribution in [1.82, 2.24) is 0 Å². The molecule has 0 spiro atoms. The molecule has 0 aliphatic rings. The van der Waals surface area contributed by atoms with Crippen LogP contribution >= 0.6 is 23.2 Å². The van der Waals surface area contributed by atoms with Crippen LogP contribution in [0.5, 0.6) is 0 Å². The van der Waals surface area contributed by atoms with Gasteiger partial charge in [-0.1, -0.05) is 5.92 Å². The molecule has 0 N–H and O–H groups in total. The zero-order valence-corrected chi connectivity index (χ0v) is 6.10. The summed E-state index contributed by atoms with van der Waals surface area (Å²) in [6.45, 7) is 0. The molecule has 0 fully saturated rings. The first-order chi connectivity index (χ1) is 3.91. The second kappa shape index (κ2) is 11.7. The number of rotatable bonds is 3. The van der Waals surface area contributed by atoms with Gasteiger partial charge < -0.3 is 0 Å². The Labute approximate surface area is 82.4 Å². The molecule has 0 aromatic heterocycles. The number of hydrogen-bond acceptors (Lipinski definition) is 0. The molecule has 0 saturated heterocycles. The second-order valence-electron chi connectivity index (χ2n) is 1.42. The van der Waals surface area contributed by atoms with E-state index in [1.54, 1.807) is 0 Å². The van der Waals surface area contributed by atoms with Gasteiger partial charge >= 0.3 is 23.1 Å². The van der Waals surface area contributed by atoms with Gasteiger partial charge in [-0.15, -0.1) is 11.6 Å². The van der Waals surface area contributed by atoms with Crippen molar-refractivity contribution in [2.24, 2.45) is 0 Å². The molecular weight excluding hydrogens is 167 g/mol. The smallest absolute Gasteiger partial charge is 0.127 e. The highest BCUT2D eigenvalue weighted by Gasteiger charge is 1.80. The van der Waals surface area contributed by atoms with Crippen LogP contribution in [-0.4, -0.2) is 28.9 Å². The lowest BCUT2D eigenvalue weighted by Gasteiger charge is -1.85. The fraction of sp³-hybridized carbons (Fsp3) is 0.667. The molecule has 0 aromatic rings. The minimum atomic E-state index is 0. The van der Waals surface area contributed by atoms with Crippen molar-refractivity contribution in [3.05, 3.63) is 0 Å². The average Bonchev–Trinajstić information content (AvgIpc) is 1.81. The predicted octanol–water partition coefficient (Wildman–Crippen LogP) is 1.68. The van der Waals surface area contributed by atoms with Crippen molar-refractivity contribution >= 4 is 46.3 Å². The first-order valence-electron chi connectivity index (χ1n) is 2.56. The third-order valence-corrected chi connectivity index (χ3v) is 1.15. The molecule has 0 rings (SSSR count). The molecule has 0 aromatic carbocycles. The molecule has 0 radical (unpaired) electrons. The first-order valence-corrected chi connectivity index (χ1v) is 3.47. The third kappa shape index (κ3) is 12.2. The van der Waals surface area contributed by atoms with Crippen LogP contribution in [0, 0.1) is 11.3 Å². The van der Waals surface area contributed by atoms with Crippen molar-refractivity contribution in [2.45, 2.75) is 19.3 Å². The van der Waals surface area contributed by atoms with E-state index in [1.165, 1.54) is 0 Å². The molecule has 0 aliphatic carbocycles. The van der Waals surface area contributed by atoms with Crippen molar-refractivity contribution in [2.75, 3.05) is 5.88 Å². The molecular formula is C6H10Cl2Mg. The number of unbranched alkanes of at least 4 members (excludes halogenated alkanes) is 2. The summed E-state index contributed by atoms with van der Waals surface area (Å²) in [7, 11) is 0. The van der Waals surface area contributed by atoms with Gasteiger partial charge in [0.1, 0.15) is 0 Å². The van der Waals surface area contributed by atoms with E-state index in [9.17, 15) is 0 Å². The fourth-order valence-corrected chi connectivity index (χ4v) is 0.639. The maximum Gasteiger partial charge on any atom is 0.316 e.